The molecule has 0 fully saturated rings. The van der Waals surface area contributed by atoms with E-state index >= 15 is 0 Å². The number of benzene rings is 2. The van der Waals surface area contributed by atoms with E-state index in [0.717, 1.165) is 22.6 Å². The summed E-state index contributed by atoms with van der Waals surface area (Å²) in [5.74, 6) is 0.559. The SMILES string of the molecule is COCCN(CC(=O)Nc1nc(-c2ccc(OC)cc2)cn1-c1ccc(C)c(C)c1)C(=O)c1cccs1. The number of hydrogen-bond donors (Lipinski definition) is 1. The van der Waals surface area contributed by atoms with Crippen LogP contribution in [-0.4, -0.2) is 60.2 Å². The summed E-state index contributed by atoms with van der Waals surface area (Å²) in [6, 6.07) is 17.2. The Bertz CT molecular complexity index is 1360. The number of ether oxygens (including phenoxy) is 2. The first kappa shape index (κ1) is 26.1. The van der Waals surface area contributed by atoms with E-state index in [9.17, 15) is 9.59 Å². The Balaban J connectivity index is 1.63. The number of imidazole rings is 1. The highest BCUT2D eigenvalue weighted by Gasteiger charge is 2.21. The molecule has 0 aliphatic heterocycles. The summed E-state index contributed by atoms with van der Waals surface area (Å²) in [5.41, 5.74) is 4.75. The Kier molecular flexibility index (Phi) is 8.37. The summed E-state index contributed by atoms with van der Waals surface area (Å²) in [6.45, 7) is 4.59. The highest BCUT2D eigenvalue weighted by molar-refractivity contribution is 7.12. The quantitative estimate of drug-likeness (QED) is 0.321. The molecule has 0 atom stereocenters. The van der Waals surface area contributed by atoms with E-state index in [-0.39, 0.29) is 18.4 Å². The molecule has 4 aromatic rings. The maximum atomic E-state index is 13.2. The topological polar surface area (TPSA) is 85.7 Å². The van der Waals surface area contributed by atoms with Crippen LogP contribution >= 0.6 is 11.3 Å². The van der Waals surface area contributed by atoms with Crippen LogP contribution in [0.1, 0.15) is 20.8 Å². The van der Waals surface area contributed by atoms with Gasteiger partial charge in [0.2, 0.25) is 11.9 Å². The molecule has 1 N–H and O–H groups in total. The molecule has 0 saturated heterocycles. The lowest BCUT2D eigenvalue weighted by Crippen LogP contribution is -2.40. The van der Waals surface area contributed by atoms with Crippen LogP contribution in [0.15, 0.2) is 66.2 Å². The lowest BCUT2D eigenvalue weighted by molar-refractivity contribution is -0.117. The van der Waals surface area contributed by atoms with Crippen LogP contribution in [0.3, 0.4) is 0 Å². The number of carbonyl (C=O) groups excluding carboxylic acids is 2. The van der Waals surface area contributed by atoms with Gasteiger partial charge in [0.1, 0.15) is 12.3 Å². The molecule has 0 radical (unpaired) electrons. The highest BCUT2D eigenvalue weighted by Crippen LogP contribution is 2.27. The zero-order valence-corrected chi connectivity index (χ0v) is 22.2. The zero-order chi connectivity index (χ0) is 26.4. The molecule has 0 unspecified atom stereocenters. The van der Waals surface area contributed by atoms with Gasteiger partial charge in [-0.3, -0.25) is 19.5 Å². The largest absolute Gasteiger partial charge is 0.497 e. The van der Waals surface area contributed by atoms with Crippen molar-refractivity contribution in [3.8, 4) is 22.7 Å². The number of carbonyl (C=O) groups is 2. The lowest BCUT2D eigenvalue weighted by atomic mass is 10.1. The van der Waals surface area contributed by atoms with Gasteiger partial charge < -0.3 is 14.4 Å². The fraction of sp³-hybridized carbons (Fsp3) is 0.250. The molecule has 0 aliphatic carbocycles. The third-order valence-electron chi connectivity index (χ3n) is 6.03. The first-order valence-corrected chi connectivity index (χ1v) is 12.7. The van der Waals surface area contributed by atoms with Crippen LogP contribution in [-0.2, 0) is 9.53 Å². The number of aromatic nitrogens is 2. The van der Waals surface area contributed by atoms with Crippen LogP contribution in [0.5, 0.6) is 5.75 Å². The molecule has 0 aliphatic rings. The Morgan fingerprint density at radius 1 is 1.05 bits per heavy atom. The smallest absolute Gasteiger partial charge is 0.264 e. The molecule has 4 rings (SSSR count). The third-order valence-corrected chi connectivity index (χ3v) is 6.89. The van der Waals surface area contributed by atoms with Gasteiger partial charge in [-0.2, -0.15) is 0 Å². The van der Waals surface area contributed by atoms with Crippen molar-refractivity contribution < 1.29 is 19.1 Å². The van der Waals surface area contributed by atoms with Gasteiger partial charge in [0, 0.05) is 31.1 Å². The second-order valence-corrected chi connectivity index (χ2v) is 9.51. The van der Waals surface area contributed by atoms with E-state index in [0.29, 0.717) is 29.7 Å². The van der Waals surface area contributed by atoms with Crippen LogP contribution in [0.2, 0.25) is 0 Å². The number of rotatable bonds is 10. The average Bonchev–Trinajstić information content (AvgIpc) is 3.59. The molecule has 2 aromatic heterocycles. The van der Waals surface area contributed by atoms with Crippen molar-refractivity contribution in [1.29, 1.82) is 0 Å². The number of aryl methyl sites for hydroxylation is 2. The first-order chi connectivity index (χ1) is 17.9. The Morgan fingerprint density at radius 2 is 1.84 bits per heavy atom. The summed E-state index contributed by atoms with van der Waals surface area (Å²) in [7, 11) is 3.19. The molecular formula is C28H30N4O4S. The second-order valence-electron chi connectivity index (χ2n) is 8.56. The first-order valence-electron chi connectivity index (χ1n) is 11.8. The maximum Gasteiger partial charge on any atom is 0.264 e. The third kappa shape index (κ3) is 6.25. The molecule has 192 valence electrons. The lowest BCUT2D eigenvalue weighted by Gasteiger charge is -2.21. The molecule has 0 bridgehead atoms. The number of thiophene rings is 1. The van der Waals surface area contributed by atoms with E-state index in [1.54, 1.807) is 20.3 Å². The number of nitrogens with zero attached hydrogens (tertiary/aromatic N) is 3. The predicted octanol–water partition coefficient (Wildman–Crippen LogP) is 4.95. The van der Waals surface area contributed by atoms with Crippen molar-refractivity contribution in [2.24, 2.45) is 0 Å². The molecule has 2 amide bonds. The monoisotopic (exact) mass is 518 g/mol. The predicted molar refractivity (Wildman–Crippen MR) is 146 cm³/mol. The molecule has 2 heterocycles. The maximum absolute atomic E-state index is 13.2. The number of hydrogen-bond acceptors (Lipinski definition) is 6. The molecule has 8 nitrogen and oxygen atoms in total. The highest BCUT2D eigenvalue weighted by atomic mass is 32.1. The van der Waals surface area contributed by atoms with Crippen molar-refractivity contribution in [3.05, 3.63) is 82.2 Å². The minimum atomic E-state index is -0.349. The Hall–Kier alpha value is -3.95. The fourth-order valence-electron chi connectivity index (χ4n) is 3.79. The number of amides is 2. The summed E-state index contributed by atoms with van der Waals surface area (Å²) in [4.78, 5) is 32.9. The van der Waals surface area contributed by atoms with Gasteiger partial charge in [0.25, 0.3) is 5.91 Å². The summed E-state index contributed by atoms with van der Waals surface area (Å²) in [5, 5.41) is 4.76. The summed E-state index contributed by atoms with van der Waals surface area (Å²) in [6.07, 6.45) is 1.89. The molecule has 37 heavy (non-hydrogen) atoms. The second kappa shape index (κ2) is 11.9. The van der Waals surface area contributed by atoms with E-state index in [2.05, 4.69) is 18.3 Å². The van der Waals surface area contributed by atoms with Gasteiger partial charge in [-0.05, 0) is 72.8 Å². The Labute approximate surface area is 220 Å². The standard InChI is InChI=1S/C28H30N4O4S/c1-19-7-10-22(16-20(19)2)32-17-24(21-8-11-23(36-4)12-9-21)29-28(32)30-26(33)18-31(13-14-35-3)27(34)25-6-5-15-37-25/h5-12,15-17H,13-14,18H2,1-4H3,(H,29,30,33). The molecule has 0 spiro atoms. The van der Waals surface area contributed by atoms with Gasteiger partial charge in [-0.1, -0.05) is 12.1 Å². The zero-order valence-electron chi connectivity index (χ0n) is 21.4. The van der Waals surface area contributed by atoms with Crippen molar-refractivity contribution in [2.75, 3.05) is 39.2 Å². The van der Waals surface area contributed by atoms with Gasteiger partial charge in [0.05, 0.1) is 24.3 Å². The van der Waals surface area contributed by atoms with Gasteiger partial charge in [-0.25, -0.2) is 4.98 Å². The van der Waals surface area contributed by atoms with E-state index in [1.807, 2.05) is 65.5 Å². The van der Waals surface area contributed by atoms with Crippen LogP contribution in [0.4, 0.5) is 5.95 Å². The van der Waals surface area contributed by atoms with E-state index in [1.165, 1.54) is 21.8 Å². The van der Waals surface area contributed by atoms with E-state index < -0.39 is 0 Å². The van der Waals surface area contributed by atoms with Crippen molar-refractivity contribution in [1.82, 2.24) is 14.5 Å². The van der Waals surface area contributed by atoms with Crippen LogP contribution in [0.25, 0.3) is 16.9 Å². The van der Waals surface area contributed by atoms with Crippen LogP contribution in [0, 0.1) is 13.8 Å². The van der Waals surface area contributed by atoms with Crippen molar-refractivity contribution >= 4 is 29.1 Å². The number of anilines is 1. The van der Waals surface area contributed by atoms with Gasteiger partial charge in [-0.15, -0.1) is 11.3 Å². The molecule has 0 saturated carbocycles. The van der Waals surface area contributed by atoms with Crippen molar-refractivity contribution in [3.63, 3.8) is 0 Å². The molecule has 2 aromatic carbocycles. The van der Waals surface area contributed by atoms with Gasteiger partial charge >= 0.3 is 0 Å². The number of nitrogens with one attached hydrogen (secondary N) is 1. The summed E-state index contributed by atoms with van der Waals surface area (Å²) >= 11 is 1.34. The fourth-order valence-corrected chi connectivity index (χ4v) is 4.48. The van der Waals surface area contributed by atoms with Crippen LogP contribution < -0.4 is 10.1 Å². The summed E-state index contributed by atoms with van der Waals surface area (Å²) < 4.78 is 12.3. The average molecular weight is 519 g/mol. The number of methoxy groups -OCH3 is 2. The van der Waals surface area contributed by atoms with Gasteiger partial charge in [0.15, 0.2) is 0 Å². The van der Waals surface area contributed by atoms with Crippen molar-refractivity contribution in [2.45, 2.75) is 13.8 Å². The minimum absolute atomic E-state index is 0.127. The normalized spacial score (nSPS) is 10.8. The molecule has 9 heteroatoms. The molecular weight excluding hydrogens is 488 g/mol. The Morgan fingerprint density at radius 3 is 2.49 bits per heavy atom. The van der Waals surface area contributed by atoms with E-state index in [4.69, 9.17) is 14.5 Å². The minimum Gasteiger partial charge on any atom is -0.497 e.